The number of hydrogen-bond donors (Lipinski definition) is 0. The maximum absolute atomic E-state index is 5.91. The van der Waals surface area contributed by atoms with Gasteiger partial charge in [0.15, 0.2) is 0 Å². The molecule has 1 saturated heterocycles. The Morgan fingerprint density at radius 2 is 2.08 bits per heavy atom. The molecule has 2 heterocycles. The molecule has 0 saturated carbocycles. The van der Waals surface area contributed by atoms with Crippen LogP contribution in [0, 0.1) is 0 Å². The Morgan fingerprint density at radius 1 is 1.33 bits per heavy atom. The molecule has 0 unspecified atom stereocenters. The molecule has 0 radical (unpaired) electrons. The van der Waals surface area contributed by atoms with Gasteiger partial charge in [-0.1, -0.05) is 0 Å². The van der Waals surface area contributed by atoms with Crippen LogP contribution in [0.3, 0.4) is 0 Å². The molecule has 0 spiro atoms. The Bertz CT molecular complexity index is 255. The molecule has 2 rings (SSSR count). The molecule has 0 amide bonds. The van der Waals surface area contributed by atoms with Gasteiger partial charge in [0.25, 0.3) is 0 Å². The van der Waals surface area contributed by atoms with Gasteiger partial charge in [-0.3, -0.25) is 0 Å². The van der Waals surface area contributed by atoms with Gasteiger partial charge in [-0.15, -0.1) is 0 Å². The molecule has 4 heteroatoms. The minimum atomic E-state index is 0.867. The van der Waals surface area contributed by atoms with Crippen molar-refractivity contribution in [1.82, 2.24) is 0 Å². The fourth-order valence-corrected chi connectivity index (χ4v) is 10.8. The van der Waals surface area contributed by atoms with Crippen LogP contribution in [0.4, 0.5) is 0 Å². The summed E-state index contributed by atoms with van der Waals surface area (Å²) in [6.07, 6.45) is 1.48. The van der Waals surface area contributed by atoms with E-state index < -0.39 is 0 Å². The van der Waals surface area contributed by atoms with E-state index in [9.17, 15) is 0 Å². The van der Waals surface area contributed by atoms with E-state index in [0.29, 0.717) is 0 Å². The molecule has 0 bridgehead atoms. The van der Waals surface area contributed by atoms with Crippen LogP contribution in [0.25, 0.3) is 0 Å². The van der Waals surface area contributed by atoms with Gasteiger partial charge < -0.3 is 0 Å². The molecule has 1 aliphatic rings. The molecule has 0 aliphatic carbocycles. The third-order valence-electron chi connectivity index (χ3n) is 1.65. The Balaban J connectivity index is 2.08. The average Bonchev–Trinajstić information content (AvgIpc) is 2.54. The van der Waals surface area contributed by atoms with Crippen molar-refractivity contribution in [2.24, 2.45) is 0 Å². The predicted octanol–water partition coefficient (Wildman–Crippen LogP) is 3.05. The Hall–Kier alpha value is 1.03. The molecule has 66 valence electrons. The van der Waals surface area contributed by atoms with E-state index in [0.717, 1.165) is 38.0 Å². The zero-order valence-corrected chi connectivity index (χ0v) is 11.5. The van der Waals surface area contributed by atoms with Gasteiger partial charge in [-0.2, -0.15) is 0 Å². The summed E-state index contributed by atoms with van der Waals surface area (Å²) in [5.74, 6) is 0. The van der Waals surface area contributed by atoms with Gasteiger partial charge in [-0.05, 0) is 0 Å². The summed E-state index contributed by atoms with van der Waals surface area (Å²) in [6.45, 7) is 0. The van der Waals surface area contributed by atoms with E-state index in [4.69, 9.17) is 11.6 Å². The molecule has 0 nitrogen and oxygen atoms in total. The summed E-state index contributed by atoms with van der Waals surface area (Å²) in [5, 5.41) is 2.96. The summed E-state index contributed by atoms with van der Waals surface area (Å²) in [4.78, 5) is 1.56. The van der Waals surface area contributed by atoms with Crippen LogP contribution in [0.5, 0.6) is 0 Å². The van der Waals surface area contributed by atoms with Crippen LogP contribution in [0.15, 0.2) is 12.1 Å². The Kier molecular flexibility index (Phi) is 3.59. The molecule has 12 heavy (non-hydrogen) atoms. The first kappa shape index (κ1) is 9.58. The van der Waals surface area contributed by atoms with Crippen LogP contribution in [-0.4, -0.2) is 29.9 Å². The molecule has 1 fully saturated rings. The zero-order chi connectivity index (χ0) is 8.39. The second kappa shape index (κ2) is 4.50. The second-order valence-electron chi connectivity index (χ2n) is 2.57. The van der Waals surface area contributed by atoms with Crippen molar-refractivity contribution in [3.63, 3.8) is 0 Å². The molecule has 0 N–H and O–H groups in total. The molecule has 1 aromatic rings. The zero-order valence-electron chi connectivity index (χ0n) is 6.46. The summed E-state index contributed by atoms with van der Waals surface area (Å²) < 4.78 is 1.90. The fraction of sp³-hybridized carbons (Fsp3) is 0.500. The molecule has 0 atom stereocenters. The molecular formula is C8H9ClSSe2. The van der Waals surface area contributed by atoms with Crippen molar-refractivity contribution in [3.05, 3.63) is 21.3 Å². The summed E-state index contributed by atoms with van der Waals surface area (Å²) in [7, 11) is 0. The quantitative estimate of drug-likeness (QED) is 0.694. The van der Waals surface area contributed by atoms with Crippen molar-refractivity contribution >= 4 is 52.9 Å². The SMILES string of the molecule is Clc1ccc(C2[Se]CCC[Se]2)s1. The van der Waals surface area contributed by atoms with E-state index in [1.165, 1.54) is 17.1 Å². The number of rotatable bonds is 1. The van der Waals surface area contributed by atoms with Gasteiger partial charge in [0.1, 0.15) is 0 Å². The van der Waals surface area contributed by atoms with E-state index in [1.54, 1.807) is 16.2 Å². The maximum atomic E-state index is 5.91. The first-order valence-corrected chi connectivity index (χ1v) is 9.44. The summed E-state index contributed by atoms with van der Waals surface area (Å²) in [5.41, 5.74) is 0. The molecule has 0 aromatic carbocycles. The predicted molar refractivity (Wildman–Crippen MR) is 57.8 cm³/mol. The van der Waals surface area contributed by atoms with Crippen LogP contribution >= 0.6 is 22.9 Å². The first-order valence-electron chi connectivity index (χ1n) is 3.85. The van der Waals surface area contributed by atoms with E-state index in [1.807, 2.05) is 6.07 Å². The van der Waals surface area contributed by atoms with Crippen molar-refractivity contribution in [3.8, 4) is 0 Å². The third-order valence-corrected chi connectivity index (χ3v) is 11.1. The van der Waals surface area contributed by atoms with Gasteiger partial charge in [-0.25, -0.2) is 0 Å². The van der Waals surface area contributed by atoms with Crippen molar-refractivity contribution in [2.45, 2.75) is 20.8 Å². The Labute approximate surface area is 94.4 Å². The van der Waals surface area contributed by atoms with E-state index >= 15 is 0 Å². The van der Waals surface area contributed by atoms with E-state index in [-0.39, 0.29) is 0 Å². The average molecular weight is 331 g/mol. The summed E-state index contributed by atoms with van der Waals surface area (Å²) >= 11 is 9.44. The van der Waals surface area contributed by atoms with Gasteiger partial charge in [0.05, 0.1) is 0 Å². The van der Waals surface area contributed by atoms with Gasteiger partial charge in [0.2, 0.25) is 0 Å². The standard InChI is InChI=1S/C8H9ClSSe2/c9-7-3-2-6(10-7)8-11-4-1-5-12-8/h2-3,8H,1,4-5H2. The minimum absolute atomic E-state index is 0.867. The normalized spacial score (nSPS) is 19.8. The van der Waals surface area contributed by atoms with Crippen LogP contribution in [0.2, 0.25) is 15.0 Å². The topological polar surface area (TPSA) is 0 Å². The van der Waals surface area contributed by atoms with Crippen LogP contribution < -0.4 is 0 Å². The number of thiophene rings is 1. The third kappa shape index (κ3) is 2.29. The van der Waals surface area contributed by atoms with Crippen molar-refractivity contribution in [2.75, 3.05) is 0 Å². The van der Waals surface area contributed by atoms with Crippen molar-refractivity contribution < 1.29 is 0 Å². The van der Waals surface area contributed by atoms with Gasteiger partial charge >= 0.3 is 95.0 Å². The summed E-state index contributed by atoms with van der Waals surface area (Å²) in [6, 6.07) is 4.27. The monoisotopic (exact) mass is 332 g/mol. The molecule has 1 aliphatic heterocycles. The number of hydrogen-bond acceptors (Lipinski definition) is 1. The first-order chi connectivity index (χ1) is 5.86. The van der Waals surface area contributed by atoms with Crippen LogP contribution in [-0.2, 0) is 0 Å². The number of halogens is 1. The molecular weight excluding hydrogens is 322 g/mol. The Morgan fingerprint density at radius 3 is 2.67 bits per heavy atom. The van der Waals surface area contributed by atoms with Crippen LogP contribution in [0.1, 0.15) is 15.0 Å². The molecule has 1 aromatic heterocycles. The fourth-order valence-electron chi connectivity index (χ4n) is 1.11. The second-order valence-corrected chi connectivity index (χ2v) is 10.9. The van der Waals surface area contributed by atoms with E-state index in [2.05, 4.69) is 6.07 Å². The van der Waals surface area contributed by atoms with Gasteiger partial charge in [0, 0.05) is 0 Å². The van der Waals surface area contributed by atoms with Crippen molar-refractivity contribution in [1.29, 1.82) is 0 Å².